The summed E-state index contributed by atoms with van der Waals surface area (Å²) in [7, 11) is 0. The maximum Gasteiger partial charge on any atom is 0.224 e. The molecule has 0 unspecified atom stereocenters. The summed E-state index contributed by atoms with van der Waals surface area (Å²) in [4.78, 5) is 32.4. The van der Waals surface area contributed by atoms with Gasteiger partial charge in [-0.25, -0.2) is 4.98 Å². The number of piperazine rings is 1. The second-order valence-corrected chi connectivity index (χ2v) is 6.22. The van der Waals surface area contributed by atoms with Crippen LogP contribution in [-0.4, -0.2) is 54.4 Å². The van der Waals surface area contributed by atoms with Crippen LogP contribution in [0, 0.1) is 5.92 Å². The van der Waals surface area contributed by atoms with Crippen LogP contribution in [0.15, 0.2) is 24.4 Å². The second kappa shape index (κ2) is 7.44. The summed E-state index contributed by atoms with van der Waals surface area (Å²) in [5.41, 5.74) is 0. The van der Waals surface area contributed by atoms with Crippen LogP contribution >= 0.6 is 0 Å². The minimum absolute atomic E-state index is 0.115. The maximum absolute atomic E-state index is 12.2. The Hall–Kier alpha value is -2.11. The molecule has 2 heterocycles. The molecule has 1 aromatic heterocycles. The minimum Gasteiger partial charge on any atom is -0.355 e. The summed E-state index contributed by atoms with van der Waals surface area (Å²) in [6.07, 6.45) is 5.32. The van der Waals surface area contributed by atoms with Crippen molar-refractivity contribution < 1.29 is 9.59 Å². The lowest BCUT2D eigenvalue weighted by Gasteiger charge is -2.35. The van der Waals surface area contributed by atoms with Gasteiger partial charge in [-0.05, 0) is 25.0 Å². The highest BCUT2D eigenvalue weighted by atomic mass is 16.2. The Morgan fingerprint density at radius 2 is 1.96 bits per heavy atom. The van der Waals surface area contributed by atoms with Crippen molar-refractivity contribution in [1.29, 1.82) is 0 Å². The molecule has 6 nitrogen and oxygen atoms in total. The van der Waals surface area contributed by atoms with E-state index in [4.69, 9.17) is 0 Å². The van der Waals surface area contributed by atoms with Gasteiger partial charge >= 0.3 is 0 Å². The molecule has 1 saturated heterocycles. The smallest absolute Gasteiger partial charge is 0.224 e. The Balaban J connectivity index is 1.37. The molecule has 1 aromatic rings. The van der Waals surface area contributed by atoms with Gasteiger partial charge in [0.05, 0.1) is 0 Å². The molecule has 2 amide bonds. The number of nitrogens with zero attached hydrogens (tertiary/aromatic N) is 3. The molecule has 3 rings (SSSR count). The molecule has 1 saturated carbocycles. The molecule has 1 aliphatic heterocycles. The molecule has 1 aliphatic carbocycles. The monoisotopic (exact) mass is 316 g/mol. The van der Waals surface area contributed by atoms with E-state index < -0.39 is 0 Å². The average Bonchev–Trinajstić information content (AvgIpc) is 2.54. The number of pyridine rings is 1. The number of rotatable bonds is 5. The second-order valence-electron chi connectivity index (χ2n) is 6.22. The molecule has 0 aromatic carbocycles. The van der Waals surface area contributed by atoms with Crippen molar-refractivity contribution >= 4 is 17.6 Å². The Bertz CT molecular complexity index is 537. The lowest BCUT2D eigenvalue weighted by Crippen LogP contribution is -2.49. The number of aromatic nitrogens is 1. The van der Waals surface area contributed by atoms with E-state index in [9.17, 15) is 9.59 Å². The Morgan fingerprint density at radius 1 is 1.17 bits per heavy atom. The molecule has 0 bridgehead atoms. The summed E-state index contributed by atoms with van der Waals surface area (Å²) < 4.78 is 0. The molecular weight excluding hydrogens is 292 g/mol. The quantitative estimate of drug-likeness (QED) is 0.881. The van der Waals surface area contributed by atoms with Crippen LogP contribution in [0.5, 0.6) is 0 Å². The third-order valence-electron chi connectivity index (χ3n) is 4.72. The third kappa shape index (κ3) is 4.00. The van der Waals surface area contributed by atoms with E-state index in [1.807, 2.05) is 23.1 Å². The van der Waals surface area contributed by atoms with Gasteiger partial charge in [-0.1, -0.05) is 12.5 Å². The van der Waals surface area contributed by atoms with E-state index in [2.05, 4.69) is 15.2 Å². The van der Waals surface area contributed by atoms with E-state index in [1.165, 1.54) is 0 Å². The number of hydrogen-bond donors (Lipinski definition) is 1. The van der Waals surface area contributed by atoms with Crippen molar-refractivity contribution in [2.24, 2.45) is 5.92 Å². The van der Waals surface area contributed by atoms with E-state index in [1.54, 1.807) is 6.20 Å². The predicted octanol–water partition coefficient (Wildman–Crippen LogP) is 1.04. The zero-order valence-electron chi connectivity index (χ0n) is 13.4. The first-order chi connectivity index (χ1) is 11.2. The number of nitrogens with one attached hydrogen (secondary N) is 1. The zero-order chi connectivity index (χ0) is 16.1. The normalized spacial score (nSPS) is 18.4. The highest BCUT2D eigenvalue weighted by Crippen LogP contribution is 2.26. The first-order valence-corrected chi connectivity index (χ1v) is 8.45. The molecule has 0 spiro atoms. The molecule has 0 atom stereocenters. The molecule has 0 radical (unpaired) electrons. The van der Waals surface area contributed by atoms with E-state index in [-0.39, 0.29) is 17.7 Å². The number of hydrogen-bond acceptors (Lipinski definition) is 4. The van der Waals surface area contributed by atoms with Crippen LogP contribution in [-0.2, 0) is 9.59 Å². The summed E-state index contributed by atoms with van der Waals surface area (Å²) in [6, 6.07) is 5.87. The van der Waals surface area contributed by atoms with Gasteiger partial charge in [0.1, 0.15) is 5.82 Å². The van der Waals surface area contributed by atoms with Gasteiger partial charge in [-0.2, -0.15) is 0 Å². The summed E-state index contributed by atoms with van der Waals surface area (Å²) in [6.45, 7) is 3.49. The number of carbonyl (C=O) groups excluding carboxylic acids is 2. The van der Waals surface area contributed by atoms with Gasteiger partial charge < -0.3 is 15.1 Å². The average molecular weight is 316 g/mol. The van der Waals surface area contributed by atoms with Crippen LogP contribution in [0.1, 0.15) is 25.7 Å². The van der Waals surface area contributed by atoms with Crippen molar-refractivity contribution in [3.05, 3.63) is 24.4 Å². The first-order valence-electron chi connectivity index (χ1n) is 8.45. The standard InChI is InChI=1S/C17H24N4O2/c22-16(7-9-19-17(23)14-4-3-5-14)21-12-10-20(11-13-21)15-6-1-2-8-18-15/h1-2,6,8,14H,3-5,7,9-13H2,(H,19,23). The largest absolute Gasteiger partial charge is 0.355 e. The van der Waals surface area contributed by atoms with Gasteiger partial charge in [0.2, 0.25) is 11.8 Å². The van der Waals surface area contributed by atoms with Crippen LogP contribution in [0.2, 0.25) is 0 Å². The molecule has 2 aliphatic rings. The lowest BCUT2D eigenvalue weighted by atomic mass is 9.85. The third-order valence-corrected chi connectivity index (χ3v) is 4.72. The van der Waals surface area contributed by atoms with E-state index in [0.29, 0.717) is 26.1 Å². The van der Waals surface area contributed by atoms with Gasteiger partial charge in [-0.15, -0.1) is 0 Å². The minimum atomic E-state index is 0.115. The van der Waals surface area contributed by atoms with Crippen LogP contribution in [0.25, 0.3) is 0 Å². The first kappa shape index (κ1) is 15.8. The molecular formula is C17H24N4O2. The Labute approximate surface area is 136 Å². The van der Waals surface area contributed by atoms with Gasteiger partial charge in [0.15, 0.2) is 0 Å². The van der Waals surface area contributed by atoms with Crippen molar-refractivity contribution in [1.82, 2.24) is 15.2 Å². The predicted molar refractivity (Wildman–Crippen MR) is 88.0 cm³/mol. The molecule has 2 fully saturated rings. The molecule has 124 valence electrons. The zero-order valence-corrected chi connectivity index (χ0v) is 13.4. The van der Waals surface area contributed by atoms with Crippen molar-refractivity contribution in [2.45, 2.75) is 25.7 Å². The van der Waals surface area contributed by atoms with Gasteiger partial charge in [-0.3, -0.25) is 9.59 Å². The summed E-state index contributed by atoms with van der Waals surface area (Å²) in [5, 5.41) is 2.88. The number of carbonyl (C=O) groups is 2. The van der Waals surface area contributed by atoms with Crippen LogP contribution in [0.4, 0.5) is 5.82 Å². The van der Waals surface area contributed by atoms with Crippen LogP contribution < -0.4 is 10.2 Å². The SMILES string of the molecule is O=C(NCCC(=O)N1CCN(c2ccccn2)CC1)C1CCC1. The molecule has 1 N–H and O–H groups in total. The van der Waals surface area contributed by atoms with E-state index in [0.717, 1.165) is 38.2 Å². The fraction of sp³-hybridized carbons (Fsp3) is 0.588. The Morgan fingerprint density at radius 3 is 2.57 bits per heavy atom. The van der Waals surface area contributed by atoms with E-state index >= 15 is 0 Å². The molecule has 23 heavy (non-hydrogen) atoms. The maximum atomic E-state index is 12.2. The fourth-order valence-electron chi connectivity index (χ4n) is 2.99. The van der Waals surface area contributed by atoms with Crippen molar-refractivity contribution in [3.63, 3.8) is 0 Å². The topological polar surface area (TPSA) is 65.5 Å². The lowest BCUT2D eigenvalue weighted by molar-refractivity contribution is -0.131. The summed E-state index contributed by atoms with van der Waals surface area (Å²) >= 11 is 0. The molecule has 6 heteroatoms. The number of anilines is 1. The summed E-state index contributed by atoms with van der Waals surface area (Å²) in [5.74, 6) is 1.39. The van der Waals surface area contributed by atoms with Gasteiger partial charge in [0, 0.05) is 51.3 Å². The van der Waals surface area contributed by atoms with Crippen LogP contribution in [0.3, 0.4) is 0 Å². The fourth-order valence-corrected chi connectivity index (χ4v) is 2.99. The highest BCUT2D eigenvalue weighted by molar-refractivity contribution is 5.81. The van der Waals surface area contributed by atoms with Crippen molar-refractivity contribution in [2.75, 3.05) is 37.6 Å². The highest BCUT2D eigenvalue weighted by Gasteiger charge is 2.25. The van der Waals surface area contributed by atoms with Gasteiger partial charge in [0.25, 0.3) is 0 Å². The van der Waals surface area contributed by atoms with Crippen molar-refractivity contribution in [3.8, 4) is 0 Å². The Kier molecular flexibility index (Phi) is 5.10. The number of amides is 2.